The first kappa shape index (κ1) is 14.9. The van der Waals surface area contributed by atoms with E-state index in [2.05, 4.69) is 22.6 Å². The van der Waals surface area contributed by atoms with Gasteiger partial charge in [0.05, 0.1) is 5.02 Å². The minimum Gasteiger partial charge on any atom is -0.478 e. The molecule has 0 saturated carbocycles. The van der Waals surface area contributed by atoms with Crippen LogP contribution in [0.5, 0.6) is 11.5 Å². The van der Waals surface area contributed by atoms with Gasteiger partial charge in [0, 0.05) is 9.65 Å². The maximum Gasteiger partial charge on any atom is 0.328 e. The van der Waals surface area contributed by atoms with Crippen LogP contribution in [0.4, 0.5) is 0 Å². The highest BCUT2D eigenvalue weighted by molar-refractivity contribution is 14.1. The maximum atomic E-state index is 10.4. The van der Waals surface area contributed by atoms with Crippen molar-refractivity contribution < 1.29 is 14.6 Å². The first-order chi connectivity index (χ1) is 9.54. The summed E-state index contributed by atoms with van der Waals surface area (Å²) in [6.45, 7) is 0. The van der Waals surface area contributed by atoms with E-state index in [4.69, 9.17) is 21.4 Å². The molecule has 0 unspecified atom stereocenters. The Morgan fingerprint density at radius 2 is 1.90 bits per heavy atom. The molecule has 2 aromatic rings. The van der Waals surface area contributed by atoms with Crippen molar-refractivity contribution in [2.45, 2.75) is 0 Å². The number of hydrogen-bond acceptors (Lipinski definition) is 2. The number of ether oxygens (including phenoxy) is 1. The number of hydrogen-bond donors (Lipinski definition) is 1. The second-order valence-corrected chi connectivity index (χ2v) is 5.57. The van der Waals surface area contributed by atoms with Gasteiger partial charge in [0.2, 0.25) is 0 Å². The predicted octanol–water partition coefficient (Wildman–Crippen LogP) is 4.83. The lowest BCUT2D eigenvalue weighted by Gasteiger charge is -2.08. The van der Waals surface area contributed by atoms with E-state index in [0.717, 1.165) is 9.65 Å². The van der Waals surface area contributed by atoms with Gasteiger partial charge in [-0.25, -0.2) is 4.79 Å². The summed E-state index contributed by atoms with van der Waals surface area (Å²) in [5, 5.41) is 9.00. The number of benzene rings is 2. The van der Waals surface area contributed by atoms with Crippen molar-refractivity contribution in [3.63, 3.8) is 0 Å². The topological polar surface area (TPSA) is 46.5 Å². The average molecular weight is 401 g/mol. The van der Waals surface area contributed by atoms with E-state index in [0.29, 0.717) is 22.1 Å². The summed E-state index contributed by atoms with van der Waals surface area (Å²) in [7, 11) is 0. The van der Waals surface area contributed by atoms with Crippen LogP contribution in [-0.2, 0) is 4.79 Å². The summed E-state index contributed by atoms with van der Waals surface area (Å²) in [4.78, 5) is 10.4. The lowest BCUT2D eigenvalue weighted by molar-refractivity contribution is -0.131. The monoisotopic (exact) mass is 400 g/mol. The van der Waals surface area contributed by atoms with Gasteiger partial charge < -0.3 is 9.84 Å². The number of halogens is 2. The Balaban J connectivity index is 2.17. The van der Waals surface area contributed by atoms with Gasteiger partial charge in [-0.2, -0.15) is 0 Å². The van der Waals surface area contributed by atoms with Crippen LogP contribution in [0.3, 0.4) is 0 Å². The molecule has 2 aromatic carbocycles. The van der Waals surface area contributed by atoms with Gasteiger partial charge >= 0.3 is 5.97 Å². The highest BCUT2D eigenvalue weighted by Gasteiger charge is 2.04. The van der Waals surface area contributed by atoms with Crippen molar-refractivity contribution in [3.05, 3.63) is 62.7 Å². The Morgan fingerprint density at radius 1 is 1.20 bits per heavy atom. The molecule has 0 saturated heterocycles. The summed E-state index contributed by atoms with van der Waals surface area (Å²) in [5.74, 6) is 0.224. The average Bonchev–Trinajstić information content (AvgIpc) is 2.41. The van der Waals surface area contributed by atoms with Gasteiger partial charge in [0.15, 0.2) is 0 Å². The molecular formula is C15H10ClIO3. The third-order valence-corrected chi connectivity index (χ3v) is 3.43. The molecule has 0 bridgehead atoms. The van der Waals surface area contributed by atoms with E-state index in [1.54, 1.807) is 18.2 Å². The third-order valence-electron chi connectivity index (χ3n) is 2.42. The number of aliphatic carboxylic acids is 1. The molecule has 0 fully saturated rings. The minimum atomic E-state index is -1.000. The van der Waals surface area contributed by atoms with Gasteiger partial charge in [-0.1, -0.05) is 17.7 Å². The maximum absolute atomic E-state index is 10.4. The van der Waals surface area contributed by atoms with Crippen molar-refractivity contribution in [1.82, 2.24) is 0 Å². The molecule has 2 rings (SSSR count). The second-order valence-electron chi connectivity index (χ2n) is 3.92. The molecule has 0 spiro atoms. The Kier molecular flexibility index (Phi) is 5.03. The third kappa shape index (κ3) is 4.25. The molecule has 20 heavy (non-hydrogen) atoms. The van der Waals surface area contributed by atoms with E-state index < -0.39 is 5.97 Å². The first-order valence-electron chi connectivity index (χ1n) is 5.68. The number of carboxylic acids is 1. The molecule has 3 nitrogen and oxygen atoms in total. The van der Waals surface area contributed by atoms with Crippen LogP contribution in [-0.4, -0.2) is 11.1 Å². The Labute approximate surface area is 135 Å². The summed E-state index contributed by atoms with van der Waals surface area (Å²) < 4.78 is 6.79. The highest BCUT2D eigenvalue weighted by Crippen LogP contribution is 2.30. The standard InChI is InChI=1S/C15H10ClIO3/c16-13-9-10(2-8-15(18)19)1-7-14(13)20-12-5-3-11(17)4-6-12/h1-9H,(H,18,19)/b8-2+. The van der Waals surface area contributed by atoms with E-state index in [9.17, 15) is 4.79 Å². The second kappa shape index (κ2) is 6.76. The smallest absolute Gasteiger partial charge is 0.328 e. The Hall–Kier alpha value is -1.53. The lowest BCUT2D eigenvalue weighted by Crippen LogP contribution is -1.88. The summed E-state index contributed by atoms with van der Waals surface area (Å²) in [6, 6.07) is 12.7. The van der Waals surface area contributed by atoms with Gasteiger partial charge in [0.1, 0.15) is 11.5 Å². The summed E-state index contributed by atoms with van der Waals surface area (Å²) in [5.41, 5.74) is 0.701. The van der Waals surface area contributed by atoms with Crippen LogP contribution in [0.25, 0.3) is 6.08 Å². The first-order valence-corrected chi connectivity index (χ1v) is 7.14. The normalized spacial score (nSPS) is 10.7. The number of carboxylic acid groups (broad SMARTS) is 1. The fourth-order valence-corrected chi connectivity index (χ4v) is 2.09. The predicted molar refractivity (Wildman–Crippen MR) is 87.4 cm³/mol. The van der Waals surface area contributed by atoms with Gasteiger partial charge in [-0.15, -0.1) is 0 Å². The molecule has 0 aromatic heterocycles. The SMILES string of the molecule is O=C(O)/C=C/c1ccc(Oc2ccc(I)cc2)c(Cl)c1. The van der Waals surface area contributed by atoms with Crippen LogP contribution in [0.2, 0.25) is 5.02 Å². The van der Waals surface area contributed by atoms with Gasteiger partial charge in [-0.05, 0) is 70.6 Å². The summed E-state index contributed by atoms with van der Waals surface area (Å²) in [6.07, 6.45) is 2.54. The van der Waals surface area contributed by atoms with Crippen LogP contribution < -0.4 is 4.74 Å². The van der Waals surface area contributed by atoms with Crippen molar-refractivity contribution in [3.8, 4) is 11.5 Å². The van der Waals surface area contributed by atoms with Crippen LogP contribution >= 0.6 is 34.2 Å². The van der Waals surface area contributed by atoms with Crippen LogP contribution in [0.15, 0.2) is 48.5 Å². The zero-order chi connectivity index (χ0) is 14.5. The molecule has 0 heterocycles. The molecule has 102 valence electrons. The molecule has 5 heteroatoms. The molecule has 0 aliphatic carbocycles. The molecule has 0 amide bonds. The zero-order valence-electron chi connectivity index (χ0n) is 10.2. The van der Waals surface area contributed by atoms with Gasteiger partial charge in [0.25, 0.3) is 0 Å². The highest BCUT2D eigenvalue weighted by atomic mass is 127. The fraction of sp³-hybridized carbons (Fsp3) is 0. The molecule has 0 aliphatic rings. The van der Waals surface area contributed by atoms with Crippen molar-refractivity contribution >= 4 is 46.2 Å². The Morgan fingerprint density at radius 3 is 2.50 bits per heavy atom. The Bertz CT molecular complexity index is 651. The quantitative estimate of drug-likeness (QED) is 0.590. The number of carbonyl (C=O) groups is 1. The van der Waals surface area contributed by atoms with E-state index in [1.807, 2.05) is 24.3 Å². The largest absolute Gasteiger partial charge is 0.478 e. The molecule has 1 N–H and O–H groups in total. The van der Waals surface area contributed by atoms with Crippen molar-refractivity contribution in [1.29, 1.82) is 0 Å². The molecule has 0 aliphatic heterocycles. The summed E-state index contributed by atoms with van der Waals surface area (Å²) >= 11 is 8.33. The molecular weight excluding hydrogens is 391 g/mol. The van der Waals surface area contributed by atoms with Crippen molar-refractivity contribution in [2.24, 2.45) is 0 Å². The van der Waals surface area contributed by atoms with E-state index >= 15 is 0 Å². The zero-order valence-corrected chi connectivity index (χ0v) is 13.1. The van der Waals surface area contributed by atoms with Crippen LogP contribution in [0.1, 0.15) is 5.56 Å². The lowest BCUT2D eigenvalue weighted by atomic mass is 10.2. The van der Waals surface area contributed by atoms with E-state index in [-0.39, 0.29) is 0 Å². The minimum absolute atomic E-state index is 0.427. The fourth-order valence-electron chi connectivity index (χ4n) is 1.50. The molecule has 0 atom stereocenters. The van der Waals surface area contributed by atoms with Gasteiger partial charge in [-0.3, -0.25) is 0 Å². The van der Waals surface area contributed by atoms with Crippen molar-refractivity contribution in [2.75, 3.05) is 0 Å². The van der Waals surface area contributed by atoms with E-state index in [1.165, 1.54) is 6.08 Å². The van der Waals surface area contributed by atoms with Crippen LogP contribution in [0, 0.1) is 3.57 Å². The number of rotatable bonds is 4. The molecule has 0 radical (unpaired) electrons.